The molecule has 3 rings (SSSR count). The molecule has 0 aliphatic rings. The number of carbonyl (C=O) groups is 3. The Bertz CT molecular complexity index is 931. The van der Waals surface area contributed by atoms with Gasteiger partial charge in [0.15, 0.2) is 0 Å². The van der Waals surface area contributed by atoms with E-state index in [-0.39, 0.29) is 11.6 Å². The Hall–Kier alpha value is -3.93. The molecular weight excluding hydrogens is 356 g/mol. The molecule has 0 bridgehead atoms. The van der Waals surface area contributed by atoms with Gasteiger partial charge >= 0.3 is 0 Å². The van der Waals surface area contributed by atoms with Gasteiger partial charge in [-0.2, -0.15) is 0 Å². The van der Waals surface area contributed by atoms with Crippen molar-refractivity contribution in [3.05, 3.63) is 96.1 Å². The van der Waals surface area contributed by atoms with Crippen LogP contribution in [0, 0.1) is 0 Å². The van der Waals surface area contributed by atoms with Crippen LogP contribution in [-0.4, -0.2) is 17.8 Å². The molecule has 0 saturated heterocycles. The molecule has 0 heterocycles. The van der Waals surface area contributed by atoms with Gasteiger partial charge in [0.2, 0.25) is 5.91 Å². The Morgan fingerprint density at radius 2 is 1.07 bits per heavy atom. The van der Waals surface area contributed by atoms with Crippen LogP contribution in [0.5, 0.6) is 0 Å². The summed E-state index contributed by atoms with van der Waals surface area (Å²) < 4.78 is 0. The number of aliphatic carboxylic acids is 1. The maximum atomic E-state index is 13.0. The number of hydrogen-bond acceptors (Lipinski definition) is 4. The molecule has 6 nitrogen and oxygen atoms in total. The van der Waals surface area contributed by atoms with Crippen LogP contribution in [0.3, 0.4) is 0 Å². The third-order valence-corrected chi connectivity index (χ3v) is 4.12. The number of carbonyl (C=O) groups excluding carboxylic acids is 3. The molecule has 0 saturated carbocycles. The van der Waals surface area contributed by atoms with Crippen molar-refractivity contribution < 1.29 is 19.5 Å². The molecule has 0 aliphatic carbocycles. The number of carboxylic acid groups (broad SMARTS) is 1. The van der Waals surface area contributed by atoms with Gasteiger partial charge in [-0.25, -0.2) is 0 Å². The van der Waals surface area contributed by atoms with Crippen LogP contribution in [0.15, 0.2) is 84.9 Å². The van der Waals surface area contributed by atoms with Crippen LogP contribution in [-0.2, 0) is 14.4 Å². The SMILES string of the molecule is O=C([O-])C(=O)Nc1ccc(NC(=O)C(c2ccccc2)c2ccccc2)cc1. The Kier molecular flexibility index (Phi) is 5.81. The Balaban J connectivity index is 1.79. The van der Waals surface area contributed by atoms with Crippen molar-refractivity contribution in [1.29, 1.82) is 0 Å². The van der Waals surface area contributed by atoms with Crippen molar-refractivity contribution in [2.75, 3.05) is 10.6 Å². The number of amides is 2. The average Bonchev–Trinajstić information content (AvgIpc) is 2.71. The average molecular weight is 373 g/mol. The highest BCUT2D eigenvalue weighted by molar-refractivity contribution is 6.35. The first-order valence-electron chi connectivity index (χ1n) is 8.58. The third kappa shape index (κ3) is 4.62. The maximum absolute atomic E-state index is 13.0. The summed E-state index contributed by atoms with van der Waals surface area (Å²) in [4.78, 5) is 34.6. The lowest BCUT2D eigenvalue weighted by Crippen LogP contribution is -2.36. The summed E-state index contributed by atoms with van der Waals surface area (Å²) in [5, 5.41) is 15.5. The van der Waals surface area contributed by atoms with Crippen LogP contribution in [0.4, 0.5) is 11.4 Å². The first-order chi connectivity index (χ1) is 13.5. The predicted octanol–water partition coefficient (Wildman–Crippen LogP) is 2.15. The number of carboxylic acids is 1. The number of nitrogens with one attached hydrogen (secondary N) is 2. The highest BCUT2D eigenvalue weighted by Crippen LogP contribution is 2.26. The van der Waals surface area contributed by atoms with Crippen molar-refractivity contribution in [1.82, 2.24) is 0 Å². The summed E-state index contributed by atoms with van der Waals surface area (Å²) in [5.41, 5.74) is 2.54. The summed E-state index contributed by atoms with van der Waals surface area (Å²) in [5.74, 6) is -3.74. The van der Waals surface area contributed by atoms with Crippen molar-refractivity contribution in [2.45, 2.75) is 5.92 Å². The zero-order valence-corrected chi connectivity index (χ0v) is 14.8. The lowest BCUT2D eigenvalue weighted by molar-refractivity contribution is -0.299. The fourth-order valence-corrected chi connectivity index (χ4v) is 2.82. The molecular formula is C22H17N2O4-. The first-order valence-corrected chi connectivity index (χ1v) is 8.58. The Morgan fingerprint density at radius 1 is 0.643 bits per heavy atom. The van der Waals surface area contributed by atoms with E-state index in [1.807, 2.05) is 60.7 Å². The lowest BCUT2D eigenvalue weighted by atomic mass is 9.90. The second-order valence-electron chi connectivity index (χ2n) is 6.06. The molecule has 0 fully saturated rings. The Labute approximate surface area is 161 Å². The first kappa shape index (κ1) is 18.8. The molecule has 2 amide bonds. The fourth-order valence-electron chi connectivity index (χ4n) is 2.82. The highest BCUT2D eigenvalue weighted by atomic mass is 16.4. The predicted molar refractivity (Wildman–Crippen MR) is 103 cm³/mol. The lowest BCUT2D eigenvalue weighted by Gasteiger charge is -2.18. The molecule has 0 radical (unpaired) electrons. The third-order valence-electron chi connectivity index (χ3n) is 4.12. The molecule has 0 unspecified atom stereocenters. The van der Waals surface area contributed by atoms with Gasteiger partial charge in [0.1, 0.15) is 5.97 Å². The number of hydrogen-bond donors (Lipinski definition) is 2. The van der Waals surface area contributed by atoms with E-state index in [1.54, 1.807) is 12.1 Å². The van der Waals surface area contributed by atoms with Gasteiger partial charge in [-0.05, 0) is 35.4 Å². The van der Waals surface area contributed by atoms with E-state index in [2.05, 4.69) is 10.6 Å². The van der Waals surface area contributed by atoms with Gasteiger partial charge in [0.25, 0.3) is 5.91 Å². The summed E-state index contributed by atoms with van der Waals surface area (Å²) in [6.45, 7) is 0. The van der Waals surface area contributed by atoms with E-state index in [0.29, 0.717) is 5.69 Å². The van der Waals surface area contributed by atoms with E-state index >= 15 is 0 Å². The standard InChI is InChI=1S/C22H18N2O4/c25-20(23-17-11-13-18(14-12-17)24-21(26)22(27)28)19(15-7-3-1-4-8-15)16-9-5-2-6-10-16/h1-14,19H,(H,23,25)(H,24,26)(H,27,28)/p-1. The fraction of sp³-hybridized carbons (Fsp3) is 0.0455. The molecule has 6 heteroatoms. The Morgan fingerprint density at radius 3 is 1.50 bits per heavy atom. The molecule has 0 aromatic heterocycles. The highest BCUT2D eigenvalue weighted by Gasteiger charge is 2.22. The zero-order chi connectivity index (χ0) is 19.9. The second-order valence-corrected chi connectivity index (χ2v) is 6.06. The van der Waals surface area contributed by atoms with E-state index < -0.39 is 17.8 Å². The van der Waals surface area contributed by atoms with E-state index in [4.69, 9.17) is 0 Å². The summed E-state index contributed by atoms with van der Waals surface area (Å²) >= 11 is 0. The maximum Gasteiger partial charge on any atom is 0.271 e. The van der Waals surface area contributed by atoms with Gasteiger partial charge in [-0.15, -0.1) is 0 Å². The van der Waals surface area contributed by atoms with Crippen LogP contribution < -0.4 is 15.7 Å². The molecule has 0 spiro atoms. The van der Waals surface area contributed by atoms with E-state index in [9.17, 15) is 19.5 Å². The van der Waals surface area contributed by atoms with Crippen molar-refractivity contribution in [3.8, 4) is 0 Å². The smallest absolute Gasteiger partial charge is 0.271 e. The number of benzene rings is 3. The summed E-state index contributed by atoms with van der Waals surface area (Å²) in [7, 11) is 0. The molecule has 0 atom stereocenters. The molecule has 3 aromatic rings. The van der Waals surface area contributed by atoms with Crippen molar-refractivity contribution in [2.24, 2.45) is 0 Å². The van der Waals surface area contributed by atoms with Gasteiger partial charge < -0.3 is 20.5 Å². The topological polar surface area (TPSA) is 98.3 Å². The van der Waals surface area contributed by atoms with Crippen molar-refractivity contribution >= 4 is 29.2 Å². The van der Waals surface area contributed by atoms with Crippen LogP contribution in [0.1, 0.15) is 17.0 Å². The molecule has 2 N–H and O–H groups in total. The van der Waals surface area contributed by atoms with Gasteiger partial charge in [0, 0.05) is 11.4 Å². The second kappa shape index (κ2) is 8.64. The largest absolute Gasteiger partial charge is 0.540 e. The van der Waals surface area contributed by atoms with Crippen LogP contribution >= 0.6 is 0 Å². The molecule has 0 aliphatic heterocycles. The molecule has 3 aromatic carbocycles. The zero-order valence-electron chi connectivity index (χ0n) is 14.8. The van der Waals surface area contributed by atoms with Gasteiger partial charge in [-0.1, -0.05) is 60.7 Å². The molecule has 140 valence electrons. The van der Waals surface area contributed by atoms with E-state index in [0.717, 1.165) is 11.1 Å². The minimum absolute atomic E-state index is 0.205. The quantitative estimate of drug-likeness (QED) is 0.670. The van der Waals surface area contributed by atoms with Gasteiger partial charge in [0.05, 0.1) is 5.92 Å². The van der Waals surface area contributed by atoms with Crippen LogP contribution in [0.2, 0.25) is 0 Å². The summed E-state index contributed by atoms with van der Waals surface area (Å²) in [6.07, 6.45) is 0. The van der Waals surface area contributed by atoms with E-state index in [1.165, 1.54) is 12.1 Å². The monoisotopic (exact) mass is 373 g/mol. The number of rotatable bonds is 5. The normalized spacial score (nSPS) is 10.3. The minimum Gasteiger partial charge on any atom is -0.540 e. The van der Waals surface area contributed by atoms with Gasteiger partial charge in [-0.3, -0.25) is 9.59 Å². The summed E-state index contributed by atoms with van der Waals surface area (Å²) in [6, 6.07) is 25.1. The molecule has 28 heavy (non-hydrogen) atoms. The van der Waals surface area contributed by atoms with Crippen molar-refractivity contribution in [3.63, 3.8) is 0 Å². The van der Waals surface area contributed by atoms with Crippen LogP contribution in [0.25, 0.3) is 0 Å². The minimum atomic E-state index is -1.81. The number of anilines is 2.